The van der Waals surface area contributed by atoms with E-state index in [2.05, 4.69) is 27.0 Å². The van der Waals surface area contributed by atoms with Gasteiger partial charge in [0, 0.05) is 53.6 Å². The van der Waals surface area contributed by atoms with Crippen molar-refractivity contribution in [3.8, 4) is 11.4 Å². The highest BCUT2D eigenvalue weighted by Gasteiger charge is 2.45. The van der Waals surface area contributed by atoms with Gasteiger partial charge >= 0.3 is 0 Å². The average molecular weight is 393 g/mol. The maximum absolute atomic E-state index is 12.6. The molecule has 1 saturated carbocycles. The molecule has 0 saturated heterocycles. The lowest BCUT2D eigenvalue weighted by Gasteiger charge is -2.31. The summed E-state index contributed by atoms with van der Waals surface area (Å²) in [6.07, 6.45) is 6.57. The molecule has 1 aliphatic carbocycles. The molecule has 0 atom stereocenters. The summed E-state index contributed by atoms with van der Waals surface area (Å²) in [5, 5.41) is 0.776. The third kappa shape index (κ3) is 3.25. The number of H-pyrrole nitrogens is 1. The molecule has 6 heteroatoms. The quantitative estimate of drug-likeness (QED) is 0.737. The van der Waals surface area contributed by atoms with Gasteiger partial charge in [-0.2, -0.15) is 0 Å². The standard InChI is InChI=1S/C22H21ClN4O/c23-17-5-3-16(4-6-17)22(8-9-22)14-27-11-7-18-19(13-27)25-20(26-21(18)28)15-2-1-10-24-12-15/h1-6,10,12H,7-9,11,13-14H2,(H,25,26,28). The molecule has 2 aliphatic rings. The van der Waals surface area contributed by atoms with Crippen LogP contribution in [0.1, 0.15) is 29.7 Å². The number of nitrogens with zero attached hydrogens (tertiary/aromatic N) is 3. The Labute approximate surface area is 168 Å². The van der Waals surface area contributed by atoms with Crippen molar-refractivity contribution in [1.29, 1.82) is 0 Å². The first-order valence-electron chi connectivity index (χ1n) is 9.64. The molecule has 5 rings (SSSR count). The van der Waals surface area contributed by atoms with Crippen LogP contribution >= 0.6 is 11.6 Å². The van der Waals surface area contributed by atoms with Gasteiger partial charge in [-0.25, -0.2) is 4.98 Å². The fourth-order valence-electron chi connectivity index (χ4n) is 4.19. The summed E-state index contributed by atoms with van der Waals surface area (Å²) in [4.78, 5) is 26.8. The molecule has 142 valence electrons. The monoisotopic (exact) mass is 392 g/mol. The molecule has 0 unspecified atom stereocenters. The molecule has 3 aromatic rings. The Morgan fingerprint density at radius 2 is 2.00 bits per heavy atom. The summed E-state index contributed by atoms with van der Waals surface area (Å²) < 4.78 is 0. The lowest BCUT2D eigenvalue weighted by Crippen LogP contribution is -2.39. The lowest BCUT2D eigenvalue weighted by atomic mass is 9.94. The molecule has 3 heterocycles. The van der Waals surface area contributed by atoms with Crippen LogP contribution in [0.4, 0.5) is 0 Å². The van der Waals surface area contributed by atoms with Crippen molar-refractivity contribution in [2.45, 2.75) is 31.2 Å². The van der Waals surface area contributed by atoms with Crippen LogP contribution in [0, 0.1) is 0 Å². The minimum Gasteiger partial charge on any atom is -0.306 e. The molecule has 1 fully saturated rings. The predicted molar refractivity (Wildman–Crippen MR) is 109 cm³/mol. The second-order valence-electron chi connectivity index (χ2n) is 7.83. The summed E-state index contributed by atoms with van der Waals surface area (Å²) in [5.41, 5.74) is 4.09. The van der Waals surface area contributed by atoms with Gasteiger partial charge in [0.2, 0.25) is 0 Å². The Morgan fingerprint density at radius 3 is 2.71 bits per heavy atom. The first-order valence-corrected chi connectivity index (χ1v) is 10.0. The Hall–Kier alpha value is -2.50. The topological polar surface area (TPSA) is 61.9 Å². The van der Waals surface area contributed by atoms with Crippen molar-refractivity contribution in [2.75, 3.05) is 13.1 Å². The Kier molecular flexibility index (Phi) is 4.29. The number of rotatable bonds is 4. The fourth-order valence-corrected chi connectivity index (χ4v) is 4.31. The maximum Gasteiger partial charge on any atom is 0.254 e. The zero-order chi connectivity index (χ0) is 19.1. The molecule has 0 radical (unpaired) electrons. The van der Waals surface area contributed by atoms with Crippen LogP contribution in [0.15, 0.2) is 53.6 Å². The number of nitrogens with one attached hydrogen (secondary N) is 1. The molecule has 5 nitrogen and oxygen atoms in total. The molecule has 2 aromatic heterocycles. The smallest absolute Gasteiger partial charge is 0.254 e. The molecule has 0 spiro atoms. The molecule has 1 N–H and O–H groups in total. The SMILES string of the molecule is O=c1[nH]c(-c2cccnc2)nc2c1CCN(CC1(c3ccc(Cl)cc3)CC1)C2. The van der Waals surface area contributed by atoms with E-state index >= 15 is 0 Å². The number of benzene rings is 1. The van der Waals surface area contributed by atoms with Crippen molar-refractivity contribution in [1.82, 2.24) is 19.9 Å². The molecular weight excluding hydrogens is 372 g/mol. The fraction of sp³-hybridized carbons (Fsp3) is 0.318. The van der Waals surface area contributed by atoms with E-state index in [4.69, 9.17) is 16.6 Å². The van der Waals surface area contributed by atoms with Crippen molar-refractivity contribution < 1.29 is 0 Å². The molecular formula is C22H21ClN4O. The molecule has 0 amide bonds. The number of halogens is 1. The second-order valence-corrected chi connectivity index (χ2v) is 8.27. The van der Waals surface area contributed by atoms with Crippen molar-refractivity contribution in [3.63, 3.8) is 0 Å². The van der Waals surface area contributed by atoms with Crippen molar-refractivity contribution >= 4 is 11.6 Å². The van der Waals surface area contributed by atoms with Crippen LogP contribution in [0.2, 0.25) is 5.02 Å². The van der Waals surface area contributed by atoms with Crippen LogP contribution in [0.25, 0.3) is 11.4 Å². The van der Waals surface area contributed by atoms with Crippen LogP contribution in [-0.4, -0.2) is 32.9 Å². The van der Waals surface area contributed by atoms with Gasteiger partial charge in [0.15, 0.2) is 0 Å². The van der Waals surface area contributed by atoms with Crippen LogP contribution in [-0.2, 0) is 18.4 Å². The van der Waals surface area contributed by atoms with Gasteiger partial charge in [-0.15, -0.1) is 0 Å². The van der Waals surface area contributed by atoms with E-state index in [1.54, 1.807) is 12.4 Å². The van der Waals surface area contributed by atoms with E-state index in [1.165, 1.54) is 18.4 Å². The van der Waals surface area contributed by atoms with E-state index in [-0.39, 0.29) is 11.0 Å². The summed E-state index contributed by atoms with van der Waals surface area (Å²) in [6.45, 7) is 2.59. The number of aromatic amines is 1. The van der Waals surface area contributed by atoms with Gasteiger partial charge in [0.25, 0.3) is 5.56 Å². The highest BCUT2D eigenvalue weighted by molar-refractivity contribution is 6.30. The van der Waals surface area contributed by atoms with Gasteiger partial charge in [-0.3, -0.25) is 14.7 Å². The maximum atomic E-state index is 12.6. The molecule has 1 aliphatic heterocycles. The van der Waals surface area contributed by atoms with Gasteiger partial charge in [-0.05, 0) is 49.1 Å². The third-order valence-corrected chi connectivity index (χ3v) is 6.18. The van der Waals surface area contributed by atoms with E-state index in [1.807, 2.05) is 24.3 Å². The second kappa shape index (κ2) is 6.83. The minimum absolute atomic E-state index is 0.0256. The van der Waals surface area contributed by atoms with E-state index in [9.17, 15) is 4.79 Å². The van der Waals surface area contributed by atoms with Crippen LogP contribution < -0.4 is 5.56 Å². The Balaban J connectivity index is 1.40. The summed E-state index contributed by atoms with van der Waals surface area (Å²) in [5.74, 6) is 0.595. The van der Waals surface area contributed by atoms with Crippen molar-refractivity contribution in [2.24, 2.45) is 0 Å². The summed E-state index contributed by atoms with van der Waals surface area (Å²) >= 11 is 6.05. The summed E-state index contributed by atoms with van der Waals surface area (Å²) in [6, 6.07) is 12.0. The third-order valence-electron chi connectivity index (χ3n) is 5.92. The first-order chi connectivity index (χ1) is 13.6. The lowest BCUT2D eigenvalue weighted by molar-refractivity contribution is 0.226. The molecule has 1 aromatic carbocycles. The van der Waals surface area contributed by atoms with E-state index < -0.39 is 0 Å². The zero-order valence-electron chi connectivity index (χ0n) is 15.5. The Bertz CT molecular complexity index is 1060. The van der Waals surface area contributed by atoms with Gasteiger partial charge in [0.1, 0.15) is 5.82 Å². The largest absolute Gasteiger partial charge is 0.306 e. The number of hydrogen-bond donors (Lipinski definition) is 1. The number of fused-ring (bicyclic) bond motifs is 1. The highest BCUT2D eigenvalue weighted by Crippen LogP contribution is 2.49. The number of aromatic nitrogens is 3. The Morgan fingerprint density at radius 1 is 1.18 bits per heavy atom. The van der Waals surface area contributed by atoms with E-state index in [0.717, 1.165) is 41.4 Å². The normalized spacial score (nSPS) is 17.9. The van der Waals surface area contributed by atoms with Gasteiger partial charge in [-0.1, -0.05) is 23.7 Å². The van der Waals surface area contributed by atoms with Crippen LogP contribution in [0.5, 0.6) is 0 Å². The average Bonchev–Trinajstić information content (AvgIpc) is 3.49. The highest BCUT2D eigenvalue weighted by atomic mass is 35.5. The van der Waals surface area contributed by atoms with Gasteiger partial charge < -0.3 is 4.98 Å². The number of hydrogen-bond acceptors (Lipinski definition) is 4. The molecule has 0 bridgehead atoms. The van der Waals surface area contributed by atoms with E-state index in [0.29, 0.717) is 12.4 Å². The number of pyridine rings is 1. The predicted octanol–water partition coefficient (Wildman–Crippen LogP) is 3.58. The first kappa shape index (κ1) is 17.6. The molecule has 28 heavy (non-hydrogen) atoms. The van der Waals surface area contributed by atoms with Crippen LogP contribution in [0.3, 0.4) is 0 Å². The summed E-state index contributed by atoms with van der Waals surface area (Å²) in [7, 11) is 0. The van der Waals surface area contributed by atoms with Gasteiger partial charge in [0.05, 0.1) is 5.69 Å². The zero-order valence-corrected chi connectivity index (χ0v) is 16.2. The van der Waals surface area contributed by atoms with Crippen molar-refractivity contribution in [3.05, 3.63) is 81.0 Å². The minimum atomic E-state index is -0.0256.